The molecule has 1 rings (SSSR count). The number of carbonyl (C=O) groups is 1. The Bertz CT molecular complexity index is 446. The molecule has 0 aliphatic carbocycles. The van der Waals surface area contributed by atoms with Gasteiger partial charge in [-0.25, -0.2) is 4.79 Å². The molecule has 1 aromatic carbocycles. The summed E-state index contributed by atoms with van der Waals surface area (Å²) in [6, 6.07) is 5.18. The van der Waals surface area contributed by atoms with E-state index in [2.05, 4.69) is 0 Å². The number of benzene rings is 1. The van der Waals surface area contributed by atoms with Crippen LogP contribution in [-0.2, 0) is 4.74 Å². The van der Waals surface area contributed by atoms with E-state index in [0.29, 0.717) is 0 Å². The van der Waals surface area contributed by atoms with E-state index >= 15 is 0 Å². The van der Waals surface area contributed by atoms with Crippen molar-refractivity contribution in [2.24, 2.45) is 0 Å². The molecule has 21 heavy (non-hydrogen) atoms. The van der Waals surface area contributed by atoms with Crippen molar-refractivity contribution in [3.8, 4) is 5.75 Å². The first-order valence-corrected chi connectivity index (χ1v) is 6.16. The Hall–Kier alpha value is -1.71. The van der Waals surface area contributed by atoms with E-state index in [0.717, 1.165) is 0 Å². The first kappa shape index (κ1) is 17.3. The molecule has 8 nitrogen and oxygen atoms in total. The number of aliphatic hydroxyl groups is 5. The maximum atomic E-state index is 11.6. The molecule has 0 radical (unpaired) electrons. The maximum absolute atomic E-state index is 11.6. The number of aromatic hydroxyl groups is 1. The third-order valence-corrected chi connectivity index (χ3v) is 2.81. The molecule has 0 saturated heterocycles. The molecular formula is C13H18O8. The van der Waals surface area contributed by atoms with Gasteiger partial charge < -0.3 is 35.4 Å². The van der Waals surface area contributed by atoms with Crippen molar-refractivity contribution in [2.45, 2.75) is 24.4 Å². The number of esters is 1. The van der Waals surface area contributed by atoms with Crippen molar-refractivity contribution in [3.05, 3.63) is 29.8 Å². The van der Waals surface area contributed by atoms with Crippen molar-refractivity contribution in [1.29, 1.82) is 0 Å². The van der Waals surface area contributed by atoms with Crippen molar-refractivity contribution in [2.75, 3.05) is 13.2 Å². The highest BCUT2D eigenvalue weighted by atomic mass is 16.5. The lowest BCUT2D eigenvalue weighted by atomic mass is 10.0. The molecule has 0 heterocycles. The van der Waals surface area contributed by atoms with Crippen LogP contribution in [0.3, 0.4) is 0 Å². The van der Waals surface area contributed by atoms with Crippen LogP contribution in [-0.4, -0.2) is 74.2 Å². The Morgan fingerprint density at radius 1 is 1.00 bits per heavy atom. The lowest BCUT2D eigenvalue weighted by Gasteiger charge is -2.25. The van der Waals surface area contributed by atoms with Crippen LogP contribution < -0.4 is 0 Å². The van der Waals surface area contributed by atoms with Crippen molar-refractivity contribution in [3.63, 3.8) is 0 Å². The number of aliphatic hydroxyl groups excluding tert-OH is 5. The third-order valence-electron chi connectivity index (χ3n) is 2.81. The molecule has 1 aromatic rings. The second kappa shape index (κ2) is 7.91. The molecule has 0 aliphatic heterocycles. The lowest BCUT2D eigenvalue weighted by Crippen LogP contribution is -2.47. The fourth-order valence-corrected chi connectivity index (χ4v) is 1.50. The minimum absolute atomic E-state index is 0.0249. The topological polar surface area (TPSA) is 148 Å². The lowest BCUT2D eigenvalue weighted by molar-refractivity contribution is -0.124. The van der Waals surface area contributed by atoms with E-state index in [1.54, 1.807) is 0 Å². The van der Waals surface area contributed by atoms with Crippen LogP contribution in [0.2, 0.25) is 0 Å². The molecule has 118 valence electrons. The quantitative estimate of drug-likeness (QED) is 0.316. The SMILES string of the molecule is O=C(OC[C@@H](O)[C@@H](O)[C@H](O)[C@H](O)CO)c1ccc(O)cc1. The third kappa shape index (κ3) is 4.96. The summed E-state index contributed by atoms with van der Waals surface area (Å²) in [4.78, 5) is 11.6. The highest BCUT2D eigenvalue weighted by Crippen LogP contribution is 2.11. The molecule has 0 amide bonds. The number of rotatable bonds is 7. The van der Waals surface area contributed by atoms with Gasteiger partial charge in [0.1, 0.15) is 36.8 Å². The zero-order valence-electron chi connectivity index (χ0n) is 11.0. The minimum Gasteiger partial charge on any atom is -0.508 e. The summed E-state index contributed by atoms with van der Waals surface area (Å²) < 4.78 is 4.73. The standard InChI is InChI=1S/C13H18O8/c14-5-9(16)11(18)12(19)10(17)6-21-13(20)7-1-3-8(15)4-2-7/h1-4,9-12,14-19H,5-6H2/t9-,10-,11-,12-/m1/s1. The van der Waals surface area contributed by atoms with Crippen molar-refractivity contribution >= 4 is 5.97 Å². The Kier molecular flexibility index (Phi) is 6.53. The molecule has 0 unspecified atom stereocenters. The van der Waals surface area contributed by atoms with Gasteiger partial charge in [0, 0.05) is 0 Å². The van der Waals surface area contributed by atoms with Crippen LogP contribution in [0.5, 0.6) is 5.75 Å². The molecule has 4 atom stereocenters. The molecular weight excluding hydrogens is 284 g/mol. The van der Waals surface area contributed by atoms with Gasteiger partial charge in [0.25, 0.3) is 0 Å². The molecule has 0 saturated carbocycles. The van der Waals surface area contributed by atoms with Crippen LogP contribution in [0.4, 0.5) is 0 Å². The zero-order valence-corrected chi connectivity index (χ0v) is 11.0. The normalized spacial score (nSPS) is 16.8. The monoisotopic (exact) mass is 302 g/mol. The van der Waals surface area contributed by atoms with E-state index in [1.807, 2.05) is 0 Å². The Morgan fingerprint density at radius 2 is 1.52 bits per heavy atom. The number of phenolic OH excluding ortho intramolecular Hbond substituents is 1. The number of ether oxygens (including phenoxy) is 1. The Balaban J connectivity index is 2.50. The van der Waals surface area contributed by atoms with Crippen LogP contribution in [0, 0.1) is 0 Å². The summed E-state index contributed by atoms with van der Waals surface area (Å²) in [5.41, 5.74) is 0.130. The maximum Gasteiger partial charge on any atom is 0.338 e. The summed E-state index contributed by atoms with van der Waals surface area (Å²) in [5, 5.41) is 55.3. The summed E-state index contributed by atoms with van der Waals surface area (Å²) in [6.45, 7) is -1.41. The number of phenols is 1. The van der Waals surface area contributed by atoms with Gasteiger partial charge in [-0.3, -0.25) is 0 Å². The predicted molar refractivity (Wildman–Crippen MR) is 69.5 cm³/mol. The van der Waals surface area contributed by atoms with E-state index in [4.69, 9.17) is 20.1 Å². The summed E-state index contributed by atoms with van der Waals surface area (Å²) in [7, 11) is 0. The average molecular weight is 302 g/mol. The van der Waals surface area contributed by atoms with E-state index in [1.165, 1.54) is 24.3 Å². The van der Waals surface area contributed by atoms with Gasteiger partial charge in [-0.2, -0.15) is 0 Å². The van der Waals surface area contributed by atoms with Gasteiger partial charge in [0.05, 0.1) is 12.2 Å². The average Bonchev–Trinajstić information content (AvgIpc) is 2.50. The van der Waals surface area contributed by atoms with Gasteiger partial charge in [0.15, 0.2) is 0 Å². The summed E-state index contributed by atoms with van der Waals surface area (Å²) in [6.07, 6.45) is -6.83. The van der Waals surface area contributed by atoms with Crippen LogP contribution in [0.1, 0.15) is 10.4 Å². The van der Waals surface area contributed by atoms with Crippen LogP contribution in [0.15, 0.2) is 24.3 Å². The Labute approximate surface area is 120 Å². The highest BCUT2D eigenvalue weighted by molar-refractivity contribution is 5.89. The molecule has 0 fully saturated rings. The van der Waals surface area contributed by atoms with Gasteiger partial charge >= 0.3 is 5.97 Å². The van der Waals surface area contributed by atoms with E-state index in [9.17, 15) is 20.1 Å². The smallest absolute Gasteiger partial charge is 0.338 e. The van der Waals surface area contributed by atoms with Gasteiger partial charge in [-0.1, -0.05) is 0 Å². The second-order valence-electron chi connectivity index (χ2n) is 4.44. The van der Waals surface area contributed by atoms with Gasteiger partial charge in [-0.15, -0.1) is 0 Å². The first-order chi connectivity index (χ1) is 9.86. The molecule has 6 N–H and O–H groups in total. The van der Waals surface area contributed by atoms with E-state index in [-0.39, 0.29) is 11.3 Å². The zero-order chi connectivity index (χ0) is 16.0. The largest absolute Gasteiger partial charge is 0.508 e. The second-order valence-corrected chi connectivity index (χ2v) is 4.44. The van der Waals surface area contributed by atoms with Crippen LogP contribution in [0.25, 0.3) is 0 Å². The first-order valence-electron chi connectivity index (χ1n) is 6.16. The molecule has 0 bridgehead atoms. The minimum atomic E-state index is -1.79. The molecule has 0 spiro atoms. The van der Waals surface area contributed by atoms with E-state index < -0.39 is 43.6 Å². The van der Waals surface area contributed by atoms with Crippen molar-refractivity contribution < 1.29 is 40.2 Å². The fraction of sp³-hybridized carbons (Fsp3) is 0.462. The molecule has 8 heteroatoms. The number of carbonyl (C=O) groups excluding carboxylic acids is 1. The van der Waals surface area contributed by atoms with Gasteiger partial charge in [-0.05, 0) is 24.3 Å². The number of hydrogen-bond donors (Lipinski definition) is 6. The molecule has 0 aromatic heterocycles. The Morgan fingerprint density at radius 3 is 2.05 bits per heavy atom. The predicted octanol–water partition coefficient (Wildman–Crippen LogP) is -2.02. The fourth-order valence-electron chi connectivity index (χ4n) is 1.50. The number of hydrogen-bond acceptors (Lipinski definition) is 8. The molecule has 0 aliphatic rings. The van der Waals surface area contributed by atoms with Gasteiger partial charge in [0.2, 0.25) is 0 Å². The van der Waals surface area contributed by atoms with Crippen LogP contribution >= 0.6 is 0 Å². The highest BCUT2D eigenvalue weighted by Gasteiger charge is 2.30. The summed E-state index contributed by atoms with van der Waals surface area (Å²) in [5.74, 6) is -0.818. The summed E-state index contributed by atoms with van der Waals surface area (Å²) >= 11 is 0. The van der Waals surface area contributed by atoms with Crippen molar-refractivity contribution in [1.82, 2.24) is 0 Å².